The number of benzene rings is 2. The molecule has 2 aliphatic rings. The van der Waals surface area contributed by atoms with E-state index in [1.165, 1.54) is 36.8 Å². The van der Waals surface area contributed by atoms with Gasteiger partial charge in [0.05, 0.1) is 0 Å². The quantitative estimate of drug-likeness (QED) is 0.427. The molecule has 0 N–H and O–H groups in total. The summed E-state index contributed by atoms with van der Waals surface area (Å²) in [6.45, 7) is 4.76. The summed E-state index contributed by atoms with van der Waals surface area (Å²) in [5, 5.41) is 0. The fourth-order valence-electron chi connectivity index (χ4n) is 5.16. The Balaban J connectivity index is 0.00000160. The number of allylic oxidation sites excluding steroid dienone is 2. The molecule has 0 amide bonds. The topological polar surface area (TPSA) is 0 Å². The summed E-state index contributed by atoms with van der Waals surface area (Å²) in [6.07, 6.45) is 15.8. The van der Waals surface area contributed by atoms with Crippen molar-refractivity contribution in [3.63, 3.8) is 0 Å². The maximum Gasteiger partial charge on any atom is -1.00 e. The van der Waals surface area contributed by atoms with Gasteiger partial charge in [-0.1, -0.05) is 0 Å². The monoisotopic (exact) mass is 533 g/mol. The summed E-state index contributed by atoms with van der Waals surface area (Å²) < 4.78 is 1.59. The molecular weight excluding hydrogens is 503 g/mol. The summed E-state index contributed by atoms with van der Waals surface area (Å²) in [6, 6.07) is 21.7. The maximum absolute atomic E-state index is 2.63. The van der Waals surface area contributed by atoms with Gasteiger partial charge in [-0.15, -0.1) is 0 Å². The molecule has 0 heterocycles. The first kappa shape index (κ1) is 25.9. The summed E-state index contributed by atoms with van der Waals surface area (Å²) in [5.74, 6) is -0.714. The van der Waals surface area contributed by atoms with E-state index in [1.807, 2.05) is 0 Å². The predicted octanol–water partition coefficient (Wildman–Crippen LogP) is 1.47. The Hall–Kier alpha value is -0.400. The van der Waals surface area contributed by atoms with E-state index < -0.39 is 26.8 Å². The van der Waals surface area contributed by atoms with Gasteiger partial charge in [0.15, 0.2) is 0 Å². The second-order valence-corrected chi connectivity index (χ2v) is 26.4. The predicted molar refractivity (Wildman–Crippen MR) is 123 cm³/mol. The molecular formula is C26H33Cl2SiZr. The molecule has 0 nitrogen and oxygen atoms in total. The number of hydrogen-bond donors (Lipinski definition) is 0. The van der Waals surface area contributed by atoms with Crippen LogP contribution in [-0.2, 0) is 20.9 Å². The zero-order chi connectivity index (χ0) is 19.3. The van der Waals surface area contributed by atoms with Crippen LogP contribution in [0.1, 0.15) is 69.0 Å². The molecule has 2 unspecified atom stereocenters. The average Bonchev–Trinajstić information content (AvgIpc) is 3.35. The second-order valence-electron chi connectivity index (χ2n) is 8.41. The van der Waals surface area contributed by atoms with Crippen LogP contribution in [0.25, 0.3) is 12.2 Å². The Morgan fingerprint density at radius 1 is 0.700 bits per heavy atom. The Morgan fingerprint density at radius 3 is 1.57 bits per heavy atom. The van der Waals surface area contributed by atoms with E-state index in [1.54, 1.807) is 23.2 Å². The molecule has 0 radical (unpaired) electrons. The van der Waals surface area contributed by atoms with E-state index in [0.717, 1.165) is 7.25 Å². The third-order valence-corrected chi connectivity index (χ3v) is 31.2. The van der Waals surface area contributed by atoms with Gasteiger partial charge in [-0.2, -0.15) is 0 Å². The molecule has 30 heavy (non-hydrogen) atoms. The fraction of sp³-hybridized carbons (Fsp3) is 0.385. The zero-order valence-electron chi connectivity index (χ0n) is 18.2. The number of hydrogen-bond acceptors (Lipinski definition) is 0. The minimum absolute atomic E-state index is 0. The van der Waals surface area contributed by atoms with Crippen molar-refractivity contribution in [3.8, 4) is 0 Å². The first-order valence-electron chi connectivity index (χ1n) is 11.2. The average molecular weight is 536 g/mol. The number of rotatable bonds is 9. The minimum atomic E-state index is -1.78. The van der Waals surface area contributed by atoms with Crippen molar-refractivity contribution in [2.75, 3.05) is 0 Å². The van der Waals surface area contributed by atoms with Crippen molar-refractivity contribution in [2.45, 2.75) is 58.9 Å². The molecule has 2 aliphatic carbocycles. The molecule has 2 aromatic rings. The standard InChI is InChI=1S/2C9H7.C8H19Si.2ClH.Zr/c2*1-2-5-9-7-3-6-8(9)4-1;1-3-5-7-9-8-6-4-2;;;/h2*1-7H;9H,3-8H2,1-2H3;2*1H;/q;;;;;+2/p-2. The van der Waals surface area contributed by atoms with Gasteiger partial charge in [-0.3, -0.25) is 0 Å². The third kappa shape index (κ3) is 5.50. The second kappa shape index (κ2) is 12.6. The van der Waals surface area contributed by atoms with Gasteiger partial charge >= 0.3 is 181 Å². The fourth-order valence-corrected chi connectivity index (χ4v) is 33.4. The van der Waals surface area contributed by atoms with Crippen LogP contribution < -0.4 is 24.8 Å². The maximum atomic E-state index is 2.63. The van der Waals surface area contributed by atoms with Gasteiger partial charge in [-0.25, -0.2) is 0 Å². The summed E-state index contributed by atoms with van der Waals surface area (Å²) in [5.41, 5.74) is 6.33. The van der Waals surface area contributed by atoms with Gasteiger partial charge in [0, 0.05) is 0 Å². The Labute approximate surface area is 204 Å². The molecule has 0 aliphatic heterocycles. The van der Waals surface area contributed by atoms with Crippen LogP contribution in [0.4, 0.5) is 0 Å². The van der Waals surface area contributed by atoms with Crippen molar-refractivity contribution in [1.29, 1.82) is 0 Å². The van der Waals surface area contributed by atoms with Gasteiger partial charge in [0.25, 0.3) is 0 Å². The van der Waals surface area contributed by atoms with Crippen LogP contribution >= 0.6 is 0 Å². The number of unbranched alkanes of at least 4 members (excludes halogenated alkanes) is 2. The van der Waals surface area contributed by atoms with E-state index in [4.69, 9.17) is 0 Å². The molecule has 0 aromatic heterocycles. The van der Waals surface area contributed by atoms with E-state index in [2.05, 4.69) is 86.7 Å². The molecule has 2 atom stereocenters. The summed E-state index contributed by atoms with van der Waals surface area (Å²) in [7, 11) is 0. The van der Waals surface area contributed by atoms with E-state index in [-0.39, 0.29) is 24.8 Å². The molecule has 159 valence electrons. The largest absolute Gasteiger partial charge is 1.00 e. The Morgan fingerprint density at radius 2 is 1.13 bits per heavy atom. The molecule has 0 fully saturated rings. The van der Waals surface area contributed by atoms with Gasteiger partial charge in [0.2, 0.25) is 0 Å². The van der Waals surface area contributed by atoms with Gasteiger partial charge < -0.3 is 24.8 Å². The number of halogens is 2. The SMILES string of the molecule is CCCC[SiH](CCCC)[Zr+2]([CH]1C=Cc2ccccc21)[CH]1C=Cc2ccccc21.[Cl-].[Cl-]. The van der Waals surface area contributed by atoms with Gasteiger partial charge in [-0.05, 0) is 0 Å². The van der Waals surface area contributed by atoms with Crippen molar-refractivity contribution in [1.82, 2.24) is 0 Å². The molecule has 0 bridgehead atoms. The van der Waals surface area contributed by atoms with Crippen molar-refractivity contribution in [3.05, 3.63) is 82.9 Å². The summed E-state index contributed by atoms with van der Waals surface area (Å²) >= 11 is -1.78. The van der Waals surface area contributed by atoms with Crippen molar-refractivity contribution < 1.29 is 45.7 Å². The van der Waals surface area contributed by atoms with Crippen molar-refractivity contribution in [2.24, 2.45) is 0 Å². The Kier molecular flexibility index (Phi) is 10.9. The first-order valence-corrected chi connectivity index (χ1v) is 20.5. The minimum Gasteiger partial charge on any atom is -1.00 e. The molecule has 4 heteroatoms. The van der Waals surface area contributed by atoms with Crippen LogP contribution in [0.3, 0.4) is 0 Å². The van der Waals surface area contributed by atoms with E-state index in [0.29, 0.717) is 0 Å². The van der Waals surface area contributed by atoms with Crippen LogP contribution in [0, 0.1) is 0 Å². The third-order valence-electron chi connectivity index (χ3n) is 6.60. The smallest absolute Gasteiger partial charge is 1.00 e. The molecule has 4 rings (SSSR count). The van der Waals surface area contributed by atoms with Crippen LogP contribution in [0.5, 0.6) is 0 Å². The van der Waals surface area contributed by atoms with Crippen molar-refractivity contribution >= 4 is 18.1 Å². The van der Waals surface area contributed by atoms with Crippen LogP contribution in [0.15, 0.2) is 60.7 Å². The first-order chi connectivity index (χ1) is 13.8. The zero-order valence-corrected chi connectivity index (χ0v) is 23.3. The molecule has 0 saturated carbocycles. The summed E-state index contributed by atoms with van der Waals surface area (Å²) in [4.78, 5) is 0. The van der Waals surface area contributed by atoms with Crippen LogP contribution in [-0.4, -0.2) is 5.92 Å². The van der Waals surface area contributed by atoms with E-state index >= 15 is 0 Å². The molecule has 0 spiro atoms. The molecule has 2 aromatic carbocycles. The Bertz CT molecular complexity index is 794. The normalized spacial score (nSPS) is 18.0. The van der Waals surface area contributed by atoms with Crippen LogP contribution in [0.2, 0.25) is 12.1 Å². The number of fused-ring (bicyclic) bond motifs is 2. The van der Waals surface area contributed by atoms with E-state index in [9.17, 15) is 0 Å². The molecule has 0 saturated heterocycles. The van der Waals surface area contributed by atoms with Gasteiger partial charge in [0.1, 0.15) is 0 Å².